The molecular formula is C21H30O2. The first-order valence-corrected chi connectivity index (χ1v) is 9.59. The standard InChI is InChI=1S/C21H30O2/c1-13(22)17-6-7-18-16-5-4-14-12-15(23)8-10-20(14,2)19(16)9-11-21(17,18)3/h6,14,16,18-19H,4-5,7-12H2,1-3H3/t14?,16-,18-,19-,20+,21+/m0/s1. The van der Waals surface area contributed by atoms with Crippen molar-refractivity contribution >= 4 is 11.6 Å². The van der Waals surface area contributed by atoms with E-state index in [0.717, 1.165) is 43.1 Å². The van der Waals surface area contributed by atoms with Gasteiger partial charge in [-0.25, -0.2) is 0 Å². The van der Waals surface area contributed by atoms with Crippen LogP contribution in [0.25, 0.3) is 0 Å². The number of rotatable bonds is 1. The summed E-state index contributed by atoms with van der Waals surface area (Å²) in [7, 11) is 0. The third kappa shape index (κ3) is 2.06. The molecule has 3 saturated carbocycles. The molecule has 0 N–H and O–H groups in total. The normalized spacial score (nSPS) is 49.0. The smallest absolute Gasteiger partial charge is 0.156 e. The van der Waals surface area contributed by atoms with Crippen LogP contribution in [0.3, 0.4) is 0 Å². The Labute approximate surface area is 140 Å². The third-order valence-electron chi connectivity index (χ3n) is 8.44. The monoisotopic (exact) mass is 314 g/mol. The molecule has 2 heteroatoms. The third-order valence-corrected chi connectivity index (χ3v) is 8.44. The van der Waals surface area contributed by atoms with Gasteiger partial charge in [0, 0.05) is 12.8 Å². The van der Waals surface area contributed by atoms with Gasteiger partial charge in [-0.05, 0) is 85.5 Å². The SMILES string of the molecule is CC(=O)C1=CC[C@H]2[C@@H]3CCC4CC(=O)CC[C@@]4(C)[C@H]3CC[C@]12C. The maximum absolute atomic E-state index is 12.1. The molecule has 23 heavy (non-hydrogen) atoms. The van der Waals surface area contributed by atoms with E-state index < -0.39 is 0 Å². The minimum Gasteiger partial charge on any atom is -0.300 e. The van der Waals surface area contributed by atoms with Gasteiger partial charge in [0.25, 0.3) is 0 Å². The lowest BCUT2D eigenvalue weighted by atomic mass is 9.44. The Bertz CT molecular complexity index is 589. The summed E-state index contributed by atoms with van der Waals surface area (Å²) in [4.78, 5) is 24.0. The number of allylic oxidation sites excluding steroid dienone is 2. The van der Waals surface area contributed by atoms with Crippen LogP contribution in [0.1, 0.15) is 72.1 Å². The Balaban J connectivity index is 1.63. The Morgan fingerprint density at radius 1 is 1.13 bits per heavy atom. The van der Waals surface area contributed by atoms with Crippen molar-refractivity contribution in [2.24, 2.45) is 34.5 Å². The zero-order valence-corrected chi connectivity index (χ0v) is 14.9. The Hall–Kier alpha value is -0.920. The van der Waals surface area contributed by atoms with Gasteiger partial charge in [-0.15, -0.1) is 0 Å². The molecule has 4 aliphatic rings. The second-order valence-electron chi connectivity index (χ2n) is 9.27. The summed E-state index contributed by atoms with van der Waals surface area (Å²) in [6.45, 7) is 6.58. The lowest BCUT2D eigenvalue weighted by Crippen LogP contribution is -2.53. The molecule has 4 aliphatic carbocycles. The van der Waals surface area contributed by atoms with Crippen LogP contribution in [0, 0.1) is 34.5 Å². The molecule has 1 unspecified atom stereocenters. The van der Waals surface area contributed by atoms with Crippen molar-refractivity contribution in [3.8, 4) is 0 Å². The molecule has 0 spiro atoms. The van der Waals surface area contributed by atoms with Crippen LogP contribution in [0.5, 0.6) is 0 Å². The summed E-state index contributed by atoms with van der Waals surface area (Å²) < 4.78 is 0. The first-order valence-electron chi connectivity index (χ1n) is 9.59. The van der Waals surface area contributed by atoms with Crippen LogP contribution in [0.15, 0.2) is 11.6 Å². The van der Waals surface area contributed by atoms with Crippen LogP contribution >= 0.6 is 0 Å². The summed E-state index contributed by atoms with van der Waals surface area (Å²) in [6.07, 6.45) is 11.0. The maximum atomic E-state index is 12.1. The molecule has 0 radical (unpaired) electrons. The number of hydrogen-bond donors (Lipinski definition) is 0. The van der Waals surface area contributed by atoms with Crippen molar-refractivity contribution in [3.63, 3.8) is 0 Å². The summed E-state index contributed by atoms with van der Waals surface area (Å²) >= 11 is 0. The molecule has 126 valence electrons. The van der Waals surface area contributed by atoms with Crippen LogP contribution in [0.2, 0.25) is 0 Å². The van der Waals surface area contributed by atoms with E-state index in [0.29, 0.717) is 23.0 Å². The van der Waals surface area contributed by atoms with E-state index in [4.69, 9.17) is 0 Å². The van der Waals surface area contributed by atoms with Gasteiger partial charge in [0.15, 0.2) is 5.78 Å². The fraction of sp³-hybridized carbons (Fsp3) is 0.810. The highest BCUT2D eigenvalue weighted by Gasteiger charge is 2.58. The Morgan fingerprint density at radius 3 is 2.65 bits per heavy atom. The molecule has 0 aromatic carbocycles. The van der Waals surface area contributed by atoms with E-state index in [1.165, 1.54) is 25.7 Å². The average Bonchev–Trinajstić information content (AvgIpc) is 2.85. The minimum absolute atomic E-state index is 0.126. The van der Waals surface area contributed by atoms with Crippen LogP contribution < -0.4 is 0 Å². The summed E-state index contributed by atoms with van der Waals surface area (Å²) in [5.41, 5.74) is 1.62. The minimum atomic E-state index is 0.126. The molecule has 6 atom stereocenters. The number of carbonyl (C=O) groups is 2. The predicted molar refractivity (Wildman–Crippen MR) is 90.9 cm³/mol. The zero-order chi connectivity index (χ0) is 16.4. The van der Waals surface area contributed by atoms with Gasteiger partial charge < -0.3 is 0 Å². The second kappa shape index (κ2) is 5.04. The highest BCUT2D eigenvalue weighted by atomic mass is 16.1. The van der Waals surface area contributed by atoms with E-state index in [2.05, 4.69) is 19.9 Å². The van der Waals surface area contributed by atoms with Crippen molar-refractivity contribution < 1.29 is 9.59 Å². The molecule has 0 aliphatic heterocycles. The molecule has 0 saturated heterocycles. The van der Waals surface area contributed by atoms with E-state index in [9.17, 15) is 9.59 Å². The molecular weight excluding hydrogens is 284 g/mol. The fourth-order valence-corrected chi connectivity index (χ4v) is 7.16. The van der Waals surface area contributed by atoms with Crippen molar-refractivity contribution in [1.82, 2.24) is 0 Å². The van der Waals surface area contributed by atoms with Gasteiger partial charge in [0.1, 0.15) is 5.78 Å². The highest BCUT2D eigenvalue weighted by molar-refractivity contribution is 5.95. The maximum Gasteiger partial charge on any atom is 0.156 e. The predicted octanol–water partition coefficient (Wildman–Crippen LogP) is 4.72. The van der Waals surface area contributed by atoms with Crippen molar-refractivity contribution in [2.45, 2.75) is 72.1 Å². The summed E-state index contributed by atoms with van der Waals surface area (Å²) in [5.74, 6) is 3.60. The average molecular weight is 314 g/mol. The van der Waals surface area contributed by atoms with Gasteiger partial charge in [0.05, 0.1) is 0 Å². The molecule has 0 bridgehead atoms. The Morgan fingerprint density at radius 2 is 1.91 bits per heavy atom. The Kier molecular flexibility index (Phi) is 3.42. The van der Waals surface area contributed by atoms with Crippen LogP contribution in [-0.4, -0.2) is 11.6 Å². The van der Waals surface area contributed by atoms with Gasteiger partial charge in [-0.3, -0.25) is 9.59 Å². The van der Waals surface area contributed by atoms with E-state index in [1.54, 1.807) is 6.92 Å². The van der Waals surface area contributed by atoms with E-state index >= 15 is 0 Å². The van der Waals surface area contributed by atoms with E-state index in [-0.39, 0.29) is 11.2 Å². The first-order chi connectivity index (χ1) is 10.9. The van der Waals surface area contributed by atoms with Gasteiger partial charge >= 0.3 is 0 Å². The van der Waals surface area contributed by atoms with Crippen molar-refractivity contribution in [2.75, 3.05) is 0 Å². The van der Waals surface area contributed by atoms with Crippen LogP contribution in [0.4, 0.5) is 0 Å². The fourth-order valence-electron chi connectivity index (χ4n) is 7.16. The molecule has 4 rings (SSSR count). The van der Waals surface area contributed by atoms with Gasteiger partial charge in [0.2, 0.25) is 0 Å². The van der Waals surface area contributed by atoms with Crippen LogP contribution in [-0.2, 0) is 9.59 Å². The first kappa shape index (κ1) is 15.6. The summed E-state index contributed by atoms with van der Waals surface area (Å²) in [6, 6.07) is 0. The number of fused-ring (bicyclic) bond motifs is 5. The molecule has 2 nitrogen and oxygen atoms in total. The van der Waals surface area contributed by atoms with Crippen molar-refractivity contribution in [3.05, 3.63) is 11.6 Å². The number of Topliss-reactive ketones (excluding diaryl/α,β-unsaturated/α-hetero) is 2. The molecule has 0 aromatic heterocycles. The van der Waals surface area contributed by atoms with Gasteiger partial charge in [-0.2, -0.15) is 0 Å². The largest absolute Gasteiger partial charge is 0.300 e. The second-order valence-corrected chi connectivity index (χ2v) is 9.27. The number of ketones is 2. The quantitative estimate of drug-likeness (QED) is 0.701. The lowest BCUT2D eigenvalue weighted by molar-refractivity contribution is -0.138. The van der Waals surface area contributed by atoms with Gasteiger partial charge in [-0.1, -0.05) is 19.9 Å². The summed E-state index contributed by atoms with van der Waals surface area (Å²) in [5, 5.41) is 0. The lowest BCUT2D eigenvalue weighted by Gasteiger charge is -2.60. The number of hydrogen-bond acceptors (Lipinski definition) is 2. The van der Waals surface area contributed by atoms with Crippen molar-refractivity contribution in [1.29, 1.82) is 0 Å². The molecule has 0 aromatic rings. The highest BCUT2D eigenvalue weighted by Crippen LogP contribution is 2.66. The molecule has 0 amide bonds. The number of carbonyl (C=O) groups excluding carboxylic acids is 2. The zero-order valence-electron chi connectivity index (χ0n) is 14.9. The molecule has 3 fully saturated rings. The molecule has 0 heterocycles. The topological polar surface area (TPSA) is 34.1 Å². The van der Waals surface area contributed by atoms with E-state index in [1.807, 2.05) is 0 Å².